The number of nitro benzene ring substituents is 2. The molecule has 1 rings (SSSR count). The number of aryl methyl sites for hydroxylation is 1. The molecule has 0 aliphatic heterocycles. The first kappa shape index (κ1) is 11.1. The average molecular weight is 208 g/mol. The Kier molecular flexibility index (Phi) is 3.33. The largest absolute Gasteiger partial charge is 0.279 e. The van der Waals surface area contributed by atoms with Gasteiger partial charge in [0, 0.05) is 11.6 Å². The van der Waals surface area contributed by atoms with Crippen LogP contribution < -0.4 is 0 Å². The maximum Gasteiger partial charge on any atom is 0.279 e. The second-order valence-corrected chi connectivity index (χ2v) is 2.87. The van der Waals surface area contributed by atoms with E-state index in [9.17, 15) is 20.2 Å². The number of non-ortho nitro benzene ring substituents is 1. The van der Waals surface area contributed by atoms with E-state index in [1.54, 1.807) is 0 Å². The van der Waals surface area contributed by atoms with Crippen LogP contribution in [-0.4, -0.2) is 9.85 Å². The van der Waals surface area contributed by atoms with Crippen molar-refractivity contribution in [2.45, 2.75) is 12.8 Å². The van der Waals surface area contributed by atoms with E-state index >= 15 is 0 Å². The van der Waals surface area contributed by atoms with Crippen LogP contribution in [0.4, 0.5) is 11.4 Å². The monoisotopic (exact) mass is 208 g/mol. The van der Waals surface area contributed by atoms with Crippen molar-refractivity contribution in [2.24, 2.45) is 0 Å². The van der Waals surface area contributed by atoms with Crippen LogP contribution >= 0.6 is 0 Å². The Morgan fingerprint density at radius 1 is 1.20 bits per heavy atom. The molecule has 78 valence electrons. The number of nitro groups is 2. The quantitative estimate of drug-likeness (QED) is 0.560. The third-order valence-electron chi connectivity index (χ3n) is 1.89. The number of nitrogens with zero attached hydrogens (tertiary/aromatic N) is 2. The predicted molar refractivity (Wildman–Crippen MR) is 52.4 cm³/mol. The van der Waals surface area contributed by atoms with E-state index in [2.05, 4.69) is 0 Å². The van der Waals surface area contributed by atoms with Crippen LogP contribution in [-0.2, 0) is 6.42 Å². The molecule has 0 N–H and O–H groups in total. The molecular formula is C9H8N2O4. The Bertz CT molecular complexity index is 403. The molecule has 15 heavy (non-hydrogen) atoms. The van der Waals surface area contributed by atoms with Gasteiger partial charge in [-0.25, -0.2) is 0 Å². The SMILES string of the molecule is [CH]CCc1ccc([N+](=O)[O-])cc1[N+](=O)[O-]. The summed E-state index contributed by atoms with van der Waals surface area (Å²) in [5.41, 5.74) is -0.134. The molecule has 0 fully saturated rings. The number of benzene rings is 1. The van der Waals surface area contributed by atoms with Crippen LogP contribution in [0.15, 0.2) is 18.2 Å². The highest BCUT2D eigenvalue weighted by Gasteiger charge is 2.18. The summed E-state index contributed by atoms with van der Waals surface area (Å²) in [6.45, 7) is 5.27. The molecule has 2 radical (unpaired) electrons. The molecule has 0 heterocycles. The van der Waals surface area contributed by atoms with Gasteiger partial charge in [-0.3, -0.25) is 20.2 Å². The zero-order valence-corrected chi connectivity index (χ0v) is 7.75. The first-order valence-electron chi connectivity index (χ1n) is 4.18. The molecule has 0 saturated carbocycles. The molecule has 0 atom stereocenters. The second kappa shape index (κ2) is 4.50. The minimum absolute atomic E-state index is 0.255. The van der Waals surface area contributed by atoms with Crippen LogP contribution in [0.3, 0.4) is 0 Å². The molecule has 0 spiro atoms. The second-order valence-electron chi connectivity index (χ2n) is 2.87. The molecular weight excluding hydrogens is 200 g/mol. The van der Waals surface area contributed by atoms with Gasteiger partial charge in [-0.05, 0) is 25.8 Å². The molecule has 0 bridgehead atoms. The maximum atomic E-state index is 10.6. The van der Waals surface area contributed by atoms with Crippen molar-refractivity contribution in [2.75, 3.05) is 0 Å². The van der Waals surface area contributed by atoms with Crippen LogP contribution in [0.5, 0.6) is 0 Å². The summed E-state index contributed by atoms with van der Waals surface area (Å²) in [6, 6.07) is 3.55. The average Bonchev–Trinajstić information content (AvgIpc) is 2.18. The zero-order chi connectivity index (χ0) is 11.4. The van der Waals surface area contributed by atoms with Gasteiger partial charge in [0.15, 0.2) is 0 Å². The third kappa shape index (κ3) is 2.49. The smallest absolute Gasteiger partial charge is 0.258 e. The molecule has 1 aromatic rings. The maximum absolute atomic E-state index is 10.6. The van der Waals surface area contributed by atoms with E-state index < -0.39 is 9.85 Å². The third-order valence-corrected chi connectivity index (χ3v) is 1.89. The summed E-state index contributed by atoms with van der Waals surface area (Å²) >= 11 is 0. The Morgan fingerprint density at radius 2 is 1.87 bits per heavy atom. The van der Waals surface area contributed by atoms with Crippen molar-refractivity contribution in [3.63, 3.8) is 0 Å². The fourth-order valence-corrected chi connectivity index (χ4v) is 1.20. The van der Waals surface area contributed by atoms with Gasteiger partial charge in [0.25, 0.3) is 11.4 Å². The highest BCUT2D eigenvalue weighted by molar-refractivity contribution is 5.49. The normalized spacial score (nSPS) is 9.93. The topological polar surface area (TPSA) is 86.3 Å². The molecule has 0 amide bonds. The molecule has 1 aromatic carbocycles. The van der Waals surface area contributed by atoms with Gasteiger partial charge in [-0.15, -0.1) is 0 Å². The summed E-state index contributed by atoms with van der Waals surface area (Å²) in [6.07, 6.45) is 0.590. The molecule has 6 nitrogen and oxygen atoms in total. The summed E-state index contributed by atoms with van der Waals surface area (Å²) in [5, 5.41) is 21.0. The Hall–Kier alpha value is -1.98. The van der Waals surface area contributed by atoms with E-state index in [1.165, 1.54) is 12.1 Å². The lowest BCUT2D eigenvalue weighted by Crippen LogP contribution is -1.97. The Balaban J connectivity index is 3.20. The van der Waals surface area contributed by atoms with Crippen molar-refractivity contribution in [3.8, 4) is 0 Å². The van der Waals surface area contributed by atoms with E-state index in [-0.39, 0.29) is 17.8 Å². The Labute approximate surface area is 85.8 Å². The van der Waals surface area contributed by atoms with E-state index in [1.807, 2.05) is 0 Å². The van der Waals surface area contributed by atoms with E-state index in [0.717, 1.165) is 6.07 Å². The van der Waals surface area contributed by atoms with Crippen molar-refractivity contribution in [3.05, 3.63) is 50.9 Å². The van der Waals surface area contributed by atoms with Crippen molar-refractivity contribution < 1.29 is 9.85 Å². The molecule has 0 unspecified atom stereocenters. The van der Waals surface area contributed by atoms with Crippen LogP contribution in [0.2, 0.25) is 0 Å². The number of hydrogen-bond donors (Lipinski definition) is 0. The number of hydrogen-bond acceptors (Lipinski definition) is 4. The number of rotatable bonds is 4. The van der Waals surface area contributed by atoms with Crippen molar-refractivity contribution in [1.82, 2.24) is 0 Å². The van der Waals surface area contributed by atoms with Gasteiger partial charge >= 0.3 is 0 Å². The standard InChI is InChI=1S/C9H8N2O4/c1-2-3-7-4-5-8(10(12)13)6-9(7)11(14)15/h1,4-6H,2-3H2. The zero-order valence-electron chi connectivity index (χ0n) is 7.75. The lowest BCUT2D eigenvalue weighted by atomic mass is 10.1. The summed E-state index contributed by atoms with van der Waals surface area (Å²) in [5.74, 6) is 0. The van der Waals surface area contributed by atoms with Gasteiger partial charge in [0.05, 0.1) is 15.9 Å². The fraction of sp³-hybridized carbons (Fsp3) is 0.222. The summed E-state index contributed by atoms with van der Waals surface area (Å²) in [7, 11) is 0. The van der Waals surface area contributed by atoms with E-state index in [4.69, 9.17) is 6.92 Å². The van der Waals surface area contributed by atoms with Crippen LogP contribution in [0, 0.1) is 27.2 Å². The molecule has 0 aromatic heterocycles. The molecule has 0 saturated heterocycles. The minimum Gasteiger partial charge on any atom is -0.258 e. The minimum atomic E-state index is -0.667. The lowest BCUT2D eigenvalue weighted by Gasteiger charge is -2.00. The van der Waals surface area contributed by atoms with Gasteiger partial charge < -0.3 is 0 Å². The Morgan fingerprint density at radius 3 is 2.33 bits per heavy atom. The first-order chi connectivity index (χ1) is 7.06. The van der Waals surface area contributed by atoms with Gasteiger partial charge in [-0.2, -0.15) is 0 Å². The lowest BCUT2D eigenvalue weighted by molar-refractivity contribution is -0.394. The van der Waals surface area contributed by atoms with E-state index in [0.29, 0.717) is 12.0 Å². The summed E-state index contributed by atoms with van der Waals surface area (Å²) in [4.78, 5) is 19.7. The molecule has 0 aliphatic rings. The van der Waals surface area contributed by atoms with Gasteiger partial charge in [-0.1, -0.05) is 0 Å². The van der Waals surface area contributed by atoms with Crippen LogP contribution in [0.25, 0.3) is 0 Å². The predicted octanol–water partition coefficient (Wildman–Crippen LogP) is 2.15. The van der Waals surface area contributed by atoms with Crippen molar-refractivity contribution >= 4 is 11.4 Å². The highest BCUT2D eigenvalue weighted by Crippen LogP contribution is 2.25. The van der Waals surface area contributed by atoms with Crippen LogP contribution in [0.1, 0.15) is 12.0 Å². The summed E-state index contributed by atoms with van der Waals surface area (Å²) < 4.78 is 0. The first-order valence-corrected chi connectivity index (χ1v) is 4.18. The molecule has 0 aliphatic carbocycles. The van der Waals surface area contributed by atoms with Crippen molar-refractivity contribution in [1.29, 1.82) is 0 Å². The fourth-order valence-electron chi connectivity index (χ4n) is 1.20. The highest BCUT2D eigenvalue weighted by atomic mass is 16.6. The van der Waals surface area contributed by atoms with Gasteiger partial charge in [0.2, 0.25) is 0 Å². The molecule has 6 heteroatoms. The van der Waals surface area contributed by atoms with Gasteiger partial charge in [0.1, 0.15) is 0 Å².